The molecule has 1 aliphatic rings. The van der Waals surface area contributed by atoms with Gasteiger partial charge in [-0.2, -0.15) is 0 Å². The number of hydrogen-bond acceptors (Lipinski definition) is 13. The summed E-state index contributed by atoms with van der Waals surface area (Å²) in [5.41, 5.74) is 0. The molecule has 494 valence electrons. The molecule has 0 spiro atoms. The van der Waals surface area contributed by atoms with Gasteiger partial charge >= 0.3 is 0 Å². The molecule has 1 rings (SSSR count). The van der Waals surface area contributed by atoms with Crippen molar-refractivity contribution in [3.05, 3.63) is 0 Å². The van der Waals surface area contributed by atoms with Crippen LogP contribution in [0.3, 0.4) is 0 Å². The zero-order valence-corrected chi connectivity index (χ0v) is 56.7. The Morgan fingerprint density at radius 1 is 0.453 bits per heavy atom. The van der Waals surface area contributed by atoms with Crippen LogP contribution in [0.4, 0.5) is 0 Å². The van der Waals surface area contributed by atoms with Gasteiger partial charge in [0.15, 0.2) is 0 Å². The van der Waals surface area contributed by atoms with E-state index in [1.807, 2.05) is 62.3 Å². The highest BCUT2D eigenvalue weighted by Gasteiger charge is 2.46. The lowest BCUT2D eigenvalue weighted by atomic mass is 9.91. The molecule has 1 saturated heterocycles. The molecule has 0 aliphatic carbocycles. The number of rotatable bonds is 17. The number of aliphatic hydroxyl groups is 1. The summed E-state index contributed by atoms with van der Waals surface area (Å²) in [5.74, 6) is -9.83. The summed E-state index contributed by atoms with van der Waals surface area (Å²) in [6.45, 7) is 29.9. The summed E-state index contributed by atoms with van der Waals surface area (Å²) in [4.78, 5) is 169. The Labute approximate surface area is 514 Å². The van der Waals surface area contributed by atoms with Gasteiger partial charge in [0.2, 0.25) is 65.0 Å². The summed E-state index contributed by atoms with van der Waals surface area (Å²) in [5, 5.41) is 23.1. The summed E-state index contributed by atoms with van der Waals surface area (Å²) in [6, 6.07) is -12.4. The largest absolute Gasteiger partial charge is 0.390 e. The molecule has 0 aromatic rings. The van der Waals surface area contributed by atoms with Gasteiger partial charge < -0.3 is 65.4 Å². The zero-order valence-electron chi connectivity index (χ0n) is 56.7. The number of likely N-dealkylation sites (N-methyl/N-ethyl adjacent to an activating group) is 7. The van der Waals surface area contributed by atoms with Crippen molar-refractivity contribution in [3.8, 4) is 0 Å². The fourth-order valence-corrected chi connectivity index (χ4v) is 10.8. The minimum Gasteiger partial charge on any atom is -0.390 e. The molecule has 24 heteroatoms. The lowest BCUT2D eigenvalue weighted by molar-refractivity contribution is -0.157. The number of amides is 11. The molecule has 1 aliphatic heterocycles. The maximum Gasteiger partial charge on any atom is 0.246 e. The van der Waals surface area contributed by atoms with E-state index in [2.05, 4.69) is 21.3 Å². The van der Waals surface area contributed by atoms with Crippen molar-refractivity contribution in [2.24, 2.45) is 41.4 Å². The number of hydrogen-bond donors (Lipinski definition) is 5. The van der Waals surface area contributed by atoms with Crippen molar-refractivity contribution in [1.29, 1.82) is 0 Å². The number of nitrogens with zero attached hydrogens (tertiary/aromatic N) is 7. The van der Waals surface area contributed by atoms with E-state index in [1.54, 1.807) is 41.5 Å². The van der Waals surface area contributed by atoms with E-state index in [0.717, 1.165) is 9.80 Å². The first-order valence-corrected chi connectivity index (χ1v) is 31.0. The van der Waals surface area contributed by atoms with E-state index in [0.29, 0.717) is 6.61 Å². The van der Waals surface area contributed by atoms with E-state index >= 15 is 9.59 Å². The first-order chi connectivity index (χ1) is 39.7. The van der Waals surface area contributed by atoms with Crippen LogP contribution < -0.4 is 21.3 Å². The number of carbonyl (C=O) groups excluding carboxylic acids is 11. The van der Waals surface area contributed by atoms with Gasteiger partial charge in [-0.3, -0.25) is 52.7 Å². The van der Waals surface area contributed by atoms with Crippen molar-refractivity contribution in [2.75, 3.05) is 69.1 Å². The molecule has 1 fully saturated rings. The predicted octanol–water partition coefficient (Wildman–Crippen LogP) is 2.73. The first-order valence-electron chi connectivity index (χ1n) is 31.0. The number of aliphatic hydroxyl groups excluding tert-OH is 1. The third kappa shape index (κ3) is 22.0. The van der Waals surface area contributed by atoms with Gasteiger partial charge in [0, 0.05) is 62.5 Å². The van der Waals surface area contributed by atoms with E-state index in [1.165, 1.54) is 87.7 Å². The molecule has 86 heavy (non-hydrogen) atoms. The van der Waals surface area contributed by atoms with Crippen LogP contribution in [-0.4, -0.2) is 240 Å². The number of carbonyl (C=O) groups is 11. The van der Waals surface area contributed by atoms with Gasteiger partial charge in [0.1, 0.15) is 60.4 Å². The molecule has 0 aromatic heterocycles. The van der Waals surface area contributed by atoms with Crippen molar-refractivity contribution in [3.63, 3.8) is 0 Å². The van der Waals surface area contributed by atoms with Gasteiger partial charge in [0.05, 0.1) is 12.6 Å². The quantitative estimate of drug-likeness (QED) is 0.131. The molecule has 0 unspecified atom stereocenters. The van der Waals surface area contributed by atoms with Crippen molar-refractivity contribution < 1.29 is 62.6 Å². The Morgan fingerprint density at radius 3 is 1.33 bits per heavy atom. The fourth-order valence-electron chi connectivity index (χ4n) is 10.8. The predicted molar refractivity (Wildman–Crippen MR) is 330 cm³/mol. The van der Waals surface area contributed by atoms with Crippen LogP contribution in [0, 0.1) is 41.4 Å². The highest BCUT2D eigenvalue weighted by Crippen LogP contribution is 2.25. The lowest BCUT2D eigenvalue weighted by Crippen LogP contribution is -2.63. The summed E-state index contributed by atoms with van der Waals surface area (Å²) >= 11 is 0. The van der Waals surface area contributed by atoms with Crippen LogP contribution in [-0.2, 0) is 57.5 Å². The second-order valence-corrected chi connectivity index (χ2v) is 26.3. The van der Waals surface area contributed by atoms with E-state index in [4.69, 9.17) is 4.74 Å². The maximum atomic E-state index is 15.2. The second-order valence-electron chi connectivity index (χ2n) is 26.3. The molecule has 24 nitrogen and oxygen atoms in total. The molecular formula is C62H113N11O13. The molecule has 0 radical (unpaired) electrons. The van der Waals surface area contributed by atoms with E-state index in [-0.39, 0.29) is 68.8 Å². The van der Waals surface area contributed by atoms with Crippen LogP contribution >= 0.6 is 0 Å². The highest BCUT2D eigenvalue weighted by molar-refractivity contribution is 5.99. The smallest absolute Gasteiger partial charge is 0.246 e. The molecule has 12 atom stereocenters. The monoisotopic (exact) mass is 1220 g/mol. The average Bonchev–Trinajstić information content (AvgIpc) is 3.63. The standard InChI is InChI=1S/C62H113N11O13/c1-25-43-58(81)67(18)33-48(74)68(19)44(29-34(3)4)55(78)66-49(38(11)12)61(84)69(20)45(30-35(5)6)54(77)63-41(16)53(76)64-42(17)57(80)70(21)46(31-36(7)8)59(82)71(22)47(32-37(9)10)60(83)72(23)50(39(13)14)62(85)73(24)51(56(79)65-43)52(75)40(15)27-28-86-26-2/h34-47,49-52,75H,25-33H2,1-24H3,(H,63,77)(H,64,76)(H,65,79)(H,66,78)/t40-,41+,42-,43+,44+,45+,46+,47+,49+,50+,51+,52-/m1/s1. The molecule has 0 saturated carbocycles. The first kappa shape index (κ1) is 78.1. The van der Waals surface area contributed by atoms with Crippen LogP contribution in [0.15, 0.2) is 0 Å². The molecular weight excluding hydrogens is 1110 g/mol. The lowest BCUT2D eigenvalue weighted by Gasteiger charge is -2.41. The molecule has 0 aromatic carbocycles. The second kappa shape index (κ2) is 35.8. The molecule has 5 N–H and O–H groups in total. The van der Waals surface area contributed by atoms with Crippen LogP contribution in [0.2, 0.25) is 0 Å². The number of ether oxygens (including phenoxy) is 1. The molecule has 11 amide bonds. The third-order valence-corrected chi connectivity index (χ3v) is 16.3. The van der Waals surface area contributed by atoms with E-state index < -0.39 is 156 Å². The average molecular weight is 1220 g/mol. The number of nitrogens with one attached hydrogen (secondary N) is 4. The Balaban J connectivity index is 4.32. The van der Waals surface area contributed by atoms with E-state index in [9.17, 15) is 48.3 Å². The topological polar surface area (TPSA) is 288 Å². The maximum absolute atomic E-state index is 15.2. The fraction of sp³-hybridized carbons (Fsp3) is 0.823. The summed E-state index contributed by atoms with van der Waals surface area (Å²) in [6.07, 6.45) is -0.630. The van der Waals surface area contributed by atoms with Crippen LogP contribution in [0.1, 0.15) is 156 Å². The Kier molecular flexibility index (Phi) is 32.5. The van der Waals surface area contributed by atoms with Crippen LogP contribution in [0.5, 0.6) is 0 Å². The highest BCUT2D eigenvalue weighted by atomic mass is 16.5. The summed E-state index contributed by atoms with van der Waals surface area (Å²) < 4.78 is 5.58. The van der Waals surface area contributed by atoms with Crippen molar-refractivity contribution in [1.82, 2.24) is 55.6 Å². The normalized spacial score (nSPS) is 26.6. The van der Waals surface area contributed by atoms with Gasteiger partial charge in [-0.05, 0) is 101 Å². The SMILES string of the molecule is CCOCC[C@@H](C)[C@@H](O)[C@H]1C(=O)N[C@@H](CC)C(=O)N(C)CC(=O)N(C)[C@@H](CC(C)C)C(=O)N[C@@H](C(C)C)C(=O)N(C)[C@@H](CC(C)C)C(=O)N[C@@H](C)C(=O)N[C@H](C)C(=O)N(C)[C@@H](CC(C)C)C(=O)N(C)[C@@H](CC(C)C)C(=O)N(C)[C@@H](C(C)C)C(=O)N1C. The van der Waals surface area contributed by atoms with Crippen LogP contribution in [0.25, 0.3) is 0 Å². The summed E-state index contributed by atoms with van der Waals surface area (Å²) in [7, 11) is 9.89. The van der Waals surface area contributed by atoms with Crippen molar-refractivity contribution in [2.45, 2.75) is 223 Å². The third-order valence-electron chi connectivity index (χ3n) is 16.3. The minimum atomic E-state index is -1.63. The minimum absolute atomic E-state index is 0.0147. The molecule has 1 heterocycles. The Hall–Kier alpha value is -5.91. The Bertz CT molecular complexity index is 2300. The van der Waals surface area contributed by atoms with Crippen molar-refractivity contribution >= 4 is 65.0 Å². The Morgan fingerprint density at radius 2 is 0.872 bits per heavy atom. The zero-order chi connectivity index (χ0) is 66.7. The van der Waals surface area contributed by atoms with Gasteiger partial charge in [-0.25, -0.2) is 0 Å². The van der Waals surface area contributed by atoms with Gasteiger partial charge in [-0.15, -0.1) is 0 Å². The van der Waals surface area contributed by atoms with Gasteiger partial charge in [-0.1, -0.05) is 96.9 Å². The van der Waals surface area contributed by atoms with Gasteiger partial charge in [0.25, 0.3) is 0 Å². The molecule has 0 bridgehead atoms.